The van der Waals surface area contributed by atoms with Crippen molar-refractivity contribution in [2.75, 3.05) is 11.9 Å². The molecule has 2 aliphatic rings. The molecule has 20 heavy (non-hydrogen) atoms. The average Bonchev–Trinajstić information content (AvgIpc) is 2.63. The van der Waals surface area contributed by atoms with Gasteiger partial charge in [-0.3, -0.25) is 9.69 Å². The number of nitrogens with one attached hydrogen (secondary N) is 1. The summed E-state index contributed by atoms with van der Waals surface area (Å²) in [6.07, 6.45) is 5.61. The van der Waals surface area contributed by atoms with Gasteiger partial charge in [-0.2, -0.15) is 0 Å². The summed E-state index contributed by atoms with van der Waals surface area (Å²) < 4.78 is 0. The zero-order valence-corrected chi connectivity index (χ0v) is 14.0. The number of carbonyl (C=O) groups excluding carboxylic acids is 2. The fraction of sp³-hybridized carbons (Fsp3) is 0.867. The van der Waals surface area contributed by atoms with Gasteiger partial charge in [-0.05, 0) is 50.4 Å². The first-order valence-electron chi connectivity index (χ1n) is 7.68. The molecular formula is C15H25BrN2O2. The SMILES string of the molecule is CC(CCBr)CCN1C(=O)NC2(CCC(C)CC2)C1=O. The van der Waals surface area contributed by atoms with Crippen LogP contribution in [-0.4, -0.2) is 34.3 Å². The van der Waals surface area contributed by atoms with Crippen LogP contribution in [-0.2, 0) is 4.79 Å². The maximum Gasteiger partial charge on any atom is 0.325 e. The van der Waals surface area contributed by atoms with Crippen LogP contribution in [0.15, 0.2) is 0 Å². The van der Waals surface area contributed by atoms with Gasteiger partial charge in [0.05, 0.1) is 0 Å². The van der Waals surface area contributed by atoms with Gasteiger partial charge in [-0.25, -0.2) is 4.79 Å². The molecule has 1 aliphatic heterocycles. The molecule has 1 saturated heterocycles. The maximum absolute atomic E-state index is 12.6. The molecular weight excluding hydrogens is 320 g/mol. The van der Waals surface area contributed by atoms with Crippen LogP contribution < -0.4 is 5.32 Å². The van der Waals surface area contributed by atoms with E-state index in [1.165, 1.54) is 4.90 Å². The summed E-state index contributed by atoms with van der Waals surface area (Å²) in [5.74, 6) is 1.21. The minimum atomic E-state index is -0.581. The van der Waals surface area contributed by atoms with Crippen molar-refractivity contribution in [2.45, 2.75) is 57.9 Å². The Hall–Kier alpha value is -0.580. The lowest BCUT2D eigenvalue weighted by molar-refractivity contribution is -0.132. The van der Waals surface area contributed by atoms with Crippen LogP contribution in [0.4, 0.5) is 4.79 Å². The highest BCUT2D eigenvalue weighted by molar-refractivity contribution is 9.09. The third-order valence-electron chi connectivity index (χ3n) is 4.82. The van der Waals surface area contributed by atoms with E-state index in [9.17, 15) is 9.59 Å². The number of alkyl halides is 1. The third-order valence-corrected chi connectivity index (χ3v) is 5.28. The third kappa shape index (κ3) is 3.18. The number of urea groups is 1. The van der Waals surface area contributed by atoms with Gasteiger partial charge in [-0.1, -0.05) is 29.8 Å². The molecule has 0 aromatic heterocycles. The maximum atomic E-state index is 12.6. The van der Waals surface area contributed by atoms with Gasteiger partial charge in [0.1, 0.15) is 5.54 Å². The lowest BCUT2D eigenvalue weighted by atomic mass is 9.77. The van der Waals surface area contributed by atoms with Crippen molar-refractivity contribution in [1.82, 2.24) is 10.2 Å². The summed E-state index contributed by atoms with van der Waals surface area (Å²) in [6.45, 7) is 4.93. The molecule has 1 unspecified atom stereocenters. The molecule has 5 heteroatoms. The van der Waals surface area contributed by atoms with Crippen molar-refractivity contribution >= 4 is 27.9 Å². The van der Waals surface area contributed by atoms with E-state index >= 15 is 0 Å². The van der Waals surface area contributed by atoms with Crippen molar-refractivity contribution in [3.63, 3.8) is 0 Å². The molecule has 0 aromatic rings. The van der Waals surface area contributed by atoms with Gasteiger partial charge in [0.2, 0.25) is 0 Å². The van der Waals surface area contributed by atoms with E-state index in [4.69, 9.17) is 0 Å². The van der Waals surface area contributed by atoms with Crippen LogP contribution >= 0.6 is 15.9 Å². The number of hydrogen-bond acceptors (Lipinski definition) is 2. The Balaban J connectivity index is 1.95. The van der Waals surface area contributed by atoms with E-state index in [0.717, 1.165) is 43.9 Å². The molecule has 3 amide bonds. The molecule has 0 radical (unpaired) electrons. The molecule has 1 aliphatic carbocycles. The number of halogens is 1. The molecule has 114 valence electrons. The first kappa shape index (κ1) is 15.8. The Morgan fingerprint density at radius 2 is 2.00 bits per heavy atom. The standard InChI is InChI=1S/C15H25BrN2O2/c1-11-3-7-15(8-4-11)13(19)18(14(20)17-15)10-6-12(2)5-9-16/h11-12H,3-10H2,1-2H3,(H,17,20). The Morgan fingerprint density at radius 1 is 1.35 bits per heavy atom. The minimum Gasteiger partial charge on any atom is -0.323 e. The second kappa shape index (κ2) is 6.46. The number of nitrogens with zero attached hydrogens (tertiary/aromatic N) is 1. The van der Waals surface area contributed by atoms with Gasteiger partial charge in [0, 0.05) is 11.9 Å². The molecule has 1 N–H and O–H groups in total. The Kier molecular flexibility index (Phi) is 5.10. The quantitative estimate of drug-likeness (QED) is 0.614. The Bertz CT molecular complexity index is 378. The van der Waals surface area contributed by atoms with Gasteiger partial charge >= 0.3 is 6.03 Å². The zero-order chi connectivity index (χ0) is 14.8. The molecule has 4 nitrogen and oxygen atoms in total. The Labute approximate surface area is 129 Å². The summed E-state index contributed by atoms with van der Waals surface area (Å²) in [5, 5.41) is 3.94. The van der Waals surface area contributed by atoms with Crippen LogP contribution in [0.2, 0.25) is 0 Å². The summed E-state index contributed by atoms with van der Waals surface area (Å²) in [6, 6.07) is -0.185. The number of carbonyl (C=O) groups is 2. The van der Waals surface area contributed by atoms with E-state index in [1.807, 2.05) is 0 Å². The highest BCUT2D eigenvalue weighted by Gasteiger charge is 2.51. The summed E-state index contributed by atoms with van der Waals surface area (Å²) in [7, 11) is 0. The van der Waals surface area contributed by atoms with E-state index in [1.54, 1.807) is 0 Å². The molecule has 2 fully saturated rings. The number of rotatable bonds is 5. The molecule has 1 spiro atoms. The highest BCUT2D eigenvalue weighted by atomic mass is 79.9. The summed E-state index contributed by atoms with van der Waals surface area (Å²) in [5.41, 5.74) is -0.581. The van der Waals surface area contributed by atoms with Crippen molar-refractivity contribution in [1.29, 1.82) is 0 Å². The van der Waals surface area contributed by atoms with Gasteiger partial charge in [-0.15, -0.1) is 0 Å². The molecule has 1 saturated carbocycles. The normalized spacial score (nSPS) is 31.8. The van der Waals surface area contributed by atoms with Crippen LogP contribution in [0.25, 0.3) is 0 Å². The van der Waals surface area contributed by atoms with Crippen molar-refractivity contribution in [3.05, 3.63) is 0 Å². The van der Waals surface area contributed by atoms with Crippen LogP contribution in [0, 0.1) is 11.8 Å². The highest BCUT2D eigenvalue weighted by Crippen LogP contribution is 2.36. The smallest absolute Gasteiger partial charge is 0.323 e. The first-order valence-corrected chi connectivity index (χ1v) is 8.81. The predicted octanol–water partition coefficient (Wildman–Crippen LogP) is 3.30. The lowest BCUT2D eigenvalue weighted by Crippen LogP contribution is -2.49. The zero-order valence-electron chi connectivity index (χ0n) is 12.5. The fourth-order valence-electron chi connectivity index (χ4n) is 3.15. The van der Waals surface area contributed by atoms with Crippen LogP contribution in [0.1, 0.15) is 52.4 Å². The van der Waals surface area contributed by atoms with Gasteiger partial charge < -0.3 is 5.32 Å². The monoisotopic (exact) mass is 344 g/mol. The van der Waals surface area contributed by atoms with Gasteiger partial charge in [0.15, 0.2) is 0 Å². The second-order valence-electron chi connectivity index (χ2n) is 6.52. The molecule has 2 rings (SSSR count). The average molecular weight is 345 g/mol. The first-order chi connectivity index (χ1) is 9.48. The molecule has 1 atom stereocenters. The topological polar surface area (TPSA) is 49.4 Å². The van der Waals surface area contributed by atoms with E-state index < -0.39 is 5.54 Å². The van der Waals surface area contributed by atoms with Crippen LogP contribution in [0.5, 0.6) is 0 Å². The fourth-order valence-corrected chi connectivity index (χ4v) is 3.93. The largest absolute Gasteiger partial charge is 0.325 e. The van der Waals surface area contributed by atoms with Gasteiger partial charge in [0.25, 0.3) is 5.91 Å². The van der Waals surface area contributed by atoms with Crippen molar-refractivity contribution in [2.24, 2.45) is 11.8 Å². The molecule has 1 heterocycles. The molecule has 0 bridgehead atoms. The van der Waals surface area contributed by atoms with Crippen LogP contribution in [0.3, 0.4) is 0 Å². The number of amides is 3. The van der Waals surface area contributed by atoms with E-state index in [2.05, 4.69) is 35.1 Å². The number of imide groups is 1. The Morgan fingerprint density at radius 3 is 2.60 bits per heavy atom. The minimum absolute atomic E-state index is 0.0143. The van der Waals surface area contributed by atoms with Crippen molar-refractivity contribution in [3.8, 4) is 0 Å². The van der Waals surface area contributed by atoms with E-state index in [0.29, 0.717) is 18.4 Å². The van der Waals surface area contributed by atoms with Crippen molar-refractivity contribution < 1.29 is 9.59 Å². The second-order valence-corrected chi connectivity index (χ2v) is 7.32. The van der Waals surface area contributed by atoms with E-state index in [-0.39, 0.29) is 11.9 Å². The number of hydrogen-bond donors (Lipinski definition) is 1. The predicted molar refractivity (Wildman–Crippen MR) is 82.8 cm³/mol. The molecule has 0 aromatic carbocycles. The lowest BCUT2D eigenvalue weighted by Gasteiger charge is -2.33. The summed E-state index contributed by atoms with van der Waals surface area (Å²) >= 11 is 3.43. The summed E-state index contributed by atoms with van der Waals surface area (Å²) in [4.78, 5) is 26.1.